The third-order valence-corrected chi connectivity index (χ3v) is 4.18. The summed E-state index contributed by atoms with van der Waals surface area (Å²) in [5.74, 6) is -0.0556. The molecule has 0 heterocycles. The summed E-state index contributed by atoms with van der Waals surface area (Å²) in [4.78, 5) is 0. The van der Waals surface area contributed by atoms with Crippen LogP contribution in [0.25, 0.3) is 0 Å². The van der Waals surface area contributed by atoms with Gasteiger partial charge < -0.3 is 10.1 Å². The first-order valence-corrected chi connectivity index (χ1v) is 7.75. The third-order valence-electron chi connectivity index (χ3n) is 3.41. The number of rotatable bonds is 6. The van der Waals surface area contributed by atoms with Gasteiger partial charge in [-0.1, -0.05) is 47.1 Å². The van der Waals surface area contributed by atoms with Crippen LogP contribution in [0.3, 0.4) is 0 Å². The second kappa shape index (κ2) is 7.57. The van der Waals surface area contributed by atoms with E-state index in [0.717, 1.165) is 23.0 Å². The van der Waals surface area contributed by atoms with Crippen molar-refractivity contribution in [1.29, 1.82) is 0 Å². The Bertz CT molecular complexity index is 603. The van der Waals surface area contributed by atoms with E-state index in [0.29, 0.717) is 0 Å². The number of ether oxygens (including phenoxy) is 1. The molecule has 2 aromatic carbocycles. The molecular formula is C17H19BrFNO. The Kier molecular flexibility index (Phi) is 5.76. The highest BCUT2D eigenvalue weighted by molar-refractivity contribution is 9.10. The average molecular weight is 352 g/mol. The molecule has 2 rings (SSSR count). The van der Waals surface area contributed by atoms with Crippen molar-refractivity contribution in [1.82, 2.24) is 5.32 Å². The summed E-state index contributed by atoms with van der Waals surface area (Å²) in [6.45, 7) is 2.91. The van der Waals surface area contributed by atoms with Crippen LogP contribution in [0.15, 0.2) is 46.9 Å². The van der Waals surface area contributed by atoms with Crippen molar-refractivity contribution in [2.75, 3.05) is 13.7 Å². The lowest BCUT2D eigenvalue weighted by atomic mass is 9.98. The summed E-state index contributed by atoms with van der Waals surface area (Å²) in [6, 6.07) is 13.3. The molecule has 0 saturated carbocycles. The SMILES string of the molecule is CCNC(Cc1ccccc1Br)c1ccc(F)c(OC)c1. The lowest BCUT2D eigenvalue weighted by molar-refractivity contribution is 0.384. The van der Waals surface area contributed by atoms with Crippen LogP contribution in [-0.2, 0) is 6.42 Å². The van der Waals surface area contributed by atoms with Gasteiger partial charge >= 0.3 is 0 Å². The lowest BCUT2D eigenvalue weighted by Crippen LogP contribution is -2.23. The number of benzene rings is 2. The van der Waals surface area contributed by atoms with Gasteiger partial charge in [0.15, 0.2) is 11.6 Å². The Labute approximate surface area is 133 Å². The number of halogens is 2. The molecule has 0 spiro atoms. The van der Waals surface area contributed by atoms with Crippen molar-refractivity contribution in [3.63, 3.8) is 0 Å². The van der Waals surface area contributed by atoms with Gasteiger partial charge in [-0.25, -0.2) is 4.39 Å². The normalized spacial score (nSPS) is 12.2. The molecule has 0 amide bonds. The molecule has 1 unspecified atom stereocenters. The van der Waals surface area contributed by atoms with Crippen LogP contribution in [0.5, 0.6) is 5.75 Å². The zero-order valence-electron chi connectivity index (χ0n) is 12.2. The van der Waals surface area contributed by atoms with Crippen molar-refractivity contribution >= 4 is 15.9 Å². The quantitative estimate of drug-likeness (QED) is 0.827. The molecule has 2 aromatic rings. The molecule has 0 aliphatic rings. The summed E-state index contributed by atoms with van der Waals surface area (Å²) in [7, 11) is 1.48. The van der Waals surface area contributed by atoms with Gasteiger partial charge in [0.1, 0.15) is 0 Å². The number of hydrogen-bond acceptors (Lipinski definition) is 2. The summed E-state index contributed by atoms with van der Waals surface area (Å²) >= 11 is 3.58. The molecule has 2 nitrogen and oxygen atoms in total. The Morgan fingerprint density at radius 2 is 2.00 bits per heavy atom. The Hall–Kier alpha value is -1.39. The van der Waals surface area contributed by atoms with Crippen molar-refractivity contribution in [3.8, 4) is 5.75 Å². The van der Waals surface area contributed by atoms with Gasteiger partial charge in [0, 0.05) is 10.5 Å². The molecule has 0 saturated heterocycles. The minimum Gasteiger partial charge on any atom is -0.494 e. The second-order valence-corrected chi connectivity index (χ2v) is 5.65. The lowest BCUT2D eigenvalue weighted by Gasteiger charge is -2.20. The molecule has 4 heteroatoms. The molecular weight excluding hydrogens is 333 g/mol. The Balaban J connectivity index is 2.28. The van der Waals surface area contributed by atoms with Crippen molar-refractivity contribution in [3.05, 3.63) is 63.9 Å². The van der Waals surface area contributed by atoms with Crippen LogP contribution in [0.1, 0.15) is 24.1 Å². The molecule has 0 bridgehead atoms. The average Bonchev–Trinajstić information content (AvgIpc) is 2.49. The first-order chi connectivity index (χ1) is 10.2. The summed E-state index contributed by atoms with van der Waals surface area (Å²) in [5.41, 5.74) is 2.23. The zero-order valence-corrected chi connectivity index (χ0v) is 13.8. The third kappa shape index (κ3) is 4.05. The van der Waals surface area contributed by atoms with Crippen LogP contribution in [0.4, 0.5) is 4.39 Å². The molecule has 1 atom stereocenters. The fraction of sp³-hybridized carbons (Fsp3) is 0.294. The van der Waals surface area contributed by atoms with E-state index in [2.05, 4.69) is 34.2 Å². The van der Waals surface area contributed by atoms with E-state index in [1.54, 1.807) is 6.07 Å². The first kappa shape index (κ1) is 16.0. The maximum absolute atomic E-state index is 13.6. The largest absolute Gasteiger partial charge is 0.494 e. The minimum absolute atomic E-state index is 0.114. The van der Waals surface area contributed by atoms with Crippen molar-refractivity contribution in [2.45, 2.75) is 19.4 Å². The summed E-state index contributed by atoms with van der Waals surface area (Å²) < 4.78 is 19.7. The van der Waals surface area contributed by atoms with E-state index in [9.17, 15) is 4.39 Å². The molecule has 0 aromatic heterocycles. The fourth-order valence-corrected chi connectivity index (χ4v) is 2.78. The summed E-state index contributed by atoms with van der Waals surface area (Å²) in [6.07, 6.45) is 0.823. The van der Waals surface area contributed by atoms with E-state index in [-0.39, 0.29) is 17.6 Å². The maximum Gasteiger partial charge on any atom is 0.165 e. The number of likely N-dealkylation sites (N-methyl/N-ethyl adjacent to an activating group) is 1. The molecule has 1 N–H and O–H groups in total. The monoisotopic (exact) mass is 351 g/mol. The highest BCUT2D eigenvalue weighted by atomic mass is 79.9. The van der Waals surface area contributed by atoms with Crippen LogP contribution < -0.4 is 10.1 Å². The predicted octanol–water partition coefficient (Wildman–Crippen LogP) is 4.49. The second-order valence-electron chi connectivity index (χ2n) is 4.80. The highest BCUT2D eigenvalue weighted by Gasteiger charge is 2.15. The van der Waals surface area contributed by atoms with Crippen LogP contribution in [-0.4, -0.2) is 13.7 Å². The van der Waals surface area contributed by atoms with E-state index in [1.165, 1.54) is 18.7 Å². The molecule has 21 heavy (non-hydrogen) atoms. The Morgan fingerprint density at radius 1 is 1.24 bits per heavy atom. The van der Waals surface area contributed by atoms with Gasteiger partial charge in [0.2, 0.25) is 0 Å². The van der Waals surface area contributed by atoms with Gasteiger partial charge in [-0.3, -0.25) is 0 Å². The zero-order chi connectivity index (χ0) is 15.2. The first-order valence-electron chi connectivity index (χ1n) is 6.96. The van der Waals surface area contributed by atoms with E-state index < -0.39 is 0 Å². The van der Waals surface area contributed by atoms with Crippen molar-refractivity contribution in [2.24, 2.45) is 0 Å². The van der Waals surface area contributed by atoms with E-state index in [4.69, 9.17) is 4.74 Å². The van der Waals surface area contributed by atoms with E-state index in [1.807, 2.05) is 24.3 Å². The van der Waals surface area contributed by atoms with Gasteiger partial charge in [0.05, 0.1) is 7.11 Å². The molecule has 0 radical (unpaired) electrons. The predicted molar refractivity (Wildman–Crippen MR) is 87.2 cm³/mol. The van der Waals surface area contributed by atoms with Crippen molar-refractivity contribution < 1.29 is 9.13 Å². The standard InChI is InChI=1S/C17H19BrFNO/c1-3-20-16(10-12-6-4-5-7-14(12)18)13-8-9-15(19)17(11-13)21-2/h4-9,11,16,20H,3,10H2,1-2H3. The van der Waals surface area contributed by atoms with Crippen LogP contribution >= 0.6 is 15.9 Å². The van der Waals surface area contributed by atoms with E-state index >= 15 is 0 Å². The molecule has 0 aliphatic carbocycles. The molecule has 0 fully saturated rings. The number of hydrogen-bond donors (Lipinski definition) is 1. The molecule has 112 valence electrons. The number of methoxy groups -OCH3 is 1. The topological polar surface area (TPSA) is 21.3 Å². The number of nitrogens with one attached hydrogen (secondary N) is 1. The van der Waals surface area contributed by atoms with Gasteiger partial charge in [-0.2, -0.15) is 0 Å². The van der Waals surface area contributed by atoms with Gasteiger partial charge in [0.25, 0.3) is 0 Å². The smallest absolute Gasteiger partial charge is 0.165 e. The maximum atomic E-state index is 13.6. The Morgan fingerprint density at radius 3 is 2.67 bits per heavy atom. The minimum atomic E-state index is -0.336. The van der Waals surface area contributed by atoms with Crippen LogP contribution in [0, 0.1) is 5.82 Å². The van der Waals surface area contributed by atoms with Gasteiger partial charge in [-0.05, 0) is 42.3 Å². The van der Waals surface area contributed by atoms with Crippen LogP contribution in [0.2, 0.25) is 0 Å². The fourth-order valence-electron chi connectivity index (χ4n) is 2.33. The molecule has 0 aliphatic heterocycles. The summed E-state index contributed by atoms with van der Waals surface area (Å²) in [5, 5.41) is 3.45. The highest BCUT2D eigenvalue weighted by Crippen LogP contribution is 2.27. The van der Waals surface area contributed by atoms with Gasteiger partial charge in [-0.15, -0.1) is 0 Å².